The number of rotatable bonds is 3. The number of carbonyl (C=O) groups is 1. The number of nitrogens with zero attached hydrogens (tertiary/aromatic N) is 2. The van der Waals surface area contributed by atoms with Crippen molar-refractivity contribution in [1.29, 1.82) is 0 Å². The minimum absolute atomic E-state index is 0.160. The van der Waals surface area contributed by atoms with Crippen molar-refractivity contribution >= 4 is 5.97 Å². The molecule has 1 heterocycles. The molecule has 2 rings (SSSR count). The van der Waals surface area contributed by atoms with E-state index in [9.17, 15) is 10.0 Å². The topological polar surface area (TPSA) is 79.3 Å². The van der Waals surface area contributed by atoms with Crippen LogP contribution in [0.25, 0.3) is 11.3 Å². The maximum absolute atomic E-state index is 11.3. The summed E-state index contributed by atoms with van der Waals surface area (Å²) in [5, 5.41) is 15.0. The van der Waals surface area contributed by atoms with Crippen LogP contribution in [0, 0.1) is 5.21 Å². The second-order valence-corrected chi connectivity index (χ2v) is 3.37. The quantitative estimate of drug-likeness (QED) is 0.585. The zero-order valence-corrected chi connectivity index (χ0v) is 9.12. The summed E-state index contributed by atoms with van der Waals surface area (Å²) >= 11 is 0. The third-order valence-corrected chi connectivity index (χ3v) is 2.16. The molecule has 1 aromatic heterocycles. The van der Waals surface area contributed by atoms with Crippen molar-refractivity contribution in [1.82, 2.24) is 5.16 Å². The molecule has 0 N–H and O–H groups in total. The molecule has 6 heteroatoms. The van der Waals surface area contributed by atoms with Crippen molar-refractivity contribution in [3.8, 4) is 11.3 Å². The van der Waals surface area contributed by atoms with Gasteiger partial charge in [-0.3, -0.25) is 9.42 Å². The summed E-state index contributed by atoms with van der Waals surface area (Å²) in [5.41, 5.74) is 1.28. The molecule has 6 nitrogen and oxygen atoms in total. The fourth-order valence-corrected chi connectivity index (χ4v) is 1.37. The zero-order chi connectivity index (χ0) is 12.3. The Kier molecular flexibility index (Phi) is 3.04. The lowest BCUT2D eigenvalue weighted by molar-refractivity contribution is -0.808. The molecule has 0 unspecified atom stereocenters. The maximum Gasteiger partial charge on any atom is 0.303 e. The van der Waals surface area contributed by atoms with Crippen LogP contribution in [0.3, 0.4) is 0 Å². The van der Waals surface area contributed by atoms with Crippen molar-refractivity contribution < 1.29 is 19.1 Å². The van der Waals surface area contributed by atoms with Gasteiger partial charge in [0, 0.05) is 17.6 Å². The Morgan fingerprint density at radius 2 is 2.18 bits per heavy atom. The molecule has 0 saturated carbocycles. The van der Waals surface area contributed by atoms with Crippen LogP contribution in [0.5, 0.6) is 0 Å². The molecule has 0 atom stereocenters. The van der Waals surface area contributed by atoms with E-state index in [-0.39, 0.29) is 17.2 Å². The molecule has 2 aromatic rings. The average Bonchev–Trinajstić information content (AvgIpc) is 2.69. The monoisotopic (exact) mass is 234 g/mol. The standard InChI is InChI=1S/C11H10N2O4/c1-8(14)16-7-10-11(12-17-13(10)15)9-5-3-2-4-6-9/h2-6H,7H2,1H3. The molecule has 1 aromatic carbocycles. The number of hydrogen-bond acceptors (Lipinski definition) is 5. The minimum Gasteiger partial charge on any atom is -0.457 e. The van der Waals surface area contributed by atoms with Crippen molar-refractivity contribution in [3.05, 3.63) is 41.2 Å². The van der Waals surface area contributed by atoms with Crippen LogP contribution in [0.1, 0.15) is 12.6 Å². The van der Waals surface area contributed by atoms with Crippen molar-refractivity contribution in [3.63, 3.8) is 0 Å². The number of hydrogen-bond donors (Lipinski definition) is 0. The summed E-state index contributed by atoms with van der Waals surface area (Å²) in [4.78, 5) is 11.0. The lowest BCUT2D eigenvalue weighted by Crippen LogP contribution is -2.29. The molecule has 88 valence electrons. The van der Waals surface area contributed by atoms with E-state index in [0.29, 0.717) is 5.69 Å². The van der Waals surface area contributed by atoms with Crippen molar-refractivity contribution in [2.45, 2.75) is 13.5 Å². The molecule has 0 bridgehead atoms. The summed E-state index contributed by atoms with van der Waals surface area (Å²) in [7, 11) is 0. The first-order valence-corrected chi connectivity index (χ1v) is 4.96. The predicted molar refractivity (Wildman–Crippen MR) is 56.4 cm³/mol. The van der Waals surface area contributed by atoms with Crippen LogP contribution in [-0.2, 0) is 16.1 Å². The molecule has 0 fully saturated rings. The second kappa shape index (κ2) is 4.65. The molecule has 0 radical (unpaired) electrons. The van der Waals surface area contributed by atoms with Gasteiger partial charge < -0.3 is 9.94 Å². The zero-order valence-electron chi connectivity index (χ0n) is 9.12. The summed E-state index contributed by atoms with van der Waals surface area (Å²) in [6, 6.07) is 9.05. The largest absolute Gasteiger partial charge is 0.457 e. The number of carbonyl (C=O) groups excluding carboxylic acids is 1. The van der Waals surface area contributed by atoms with Crippen molar-refractivity contribution in [2.24, 2.45) is 0 Å². The first-order valence-electron chi connectivity index (χ1n) is 4.96. The van der Waals surface area contributed by atoms with Crippen LogP contribution in [0.4, 0.5) is 0 Å². The van der Waals surface area contributed by atoms with Gasteiger partial charge in [-0.25, -0.2) is 0 Å². The van der Waals surface area contributed by atoms with Gasteiger partial charge in [-0.15, -0.1) is 0 Å². The highest BCUT2D eigenvalue weighted by atomic mass is 16.8. The average molecular weight is 234 g/mol. The molecule has 0 saturated heterocycles. The minimum atomic E-state index is -0.467. The number of benzene rings is 1. The summed E-state index contributed by atoms with van der Waals surface area (Å²) in [6.45, 7) is 1.11. The van der Waals surface area contributed by atoms with Gasteiger partial charge in [0.05, 0.1) is 0 Å². The molecule has 0 amide bonds. The number of ether oxygens (including phenoxy) is 1. The van der Waals surface area contributed by atoms with Crippen LogP contribution in [0.2, 0.25) is 0 Å². The van der Waals surface area contributed by atoms with Gasteiger partial charge in [-0.05, 0) is 4.90 Å². The van der Waals surface area contributed by atoms with Crippen molar-refractivity contribution in [2.75, 3.05) is 0 Å². The molecule has 0 aliphatic carbocycles. The Labute approximate surface area is 97.0 Å². The normalized spacial score (nSPS) is 10.2. The number of esters is 1. The molecule has 0 aliphatic rings. The van der Waals surface area contributed by atoms with Crippen LogP contribution < -0.4 is 4.90 Å². The van der Waals surface area contributed by atoms with Gasteiger partial charge in [0.1, 0.15) is 0 Å². The second-order valence-electron chi connectivity index (χ2n) is 3.37. The fourth-order valence-electron chi connectivity index (χ4n) is 1.37. The van der Waals surface area contributed by atoms with E-state index in [1.165, 1.54) is 6.92 Å². The SMILES string of the molecule is CC(=O)OCc1c(-c2ccccc2)no[n+]1[O-]. The van der Waals surface area contributed by atoms with E-state index in [1.54, 1.807) is 12.1 Å². The van der Waals surface area contributed by atoms with Gasteiger partial charge in [0.2, 0.25) is 5.69 Å². The van der Waals surface area contributed by atoms with E-state index in [0.717, 1.165) is 5.56 Å². The predicted octanol–water partition coefficient (Wildman–Crippen LogP) is 1.04. The van der Waals surface area contributed by atoms with E-state index < -0.39 is 5.97 Å². The molecule has 0 spiro atoms. The molecular weight excluding hydrogens is 224 g/mol. The smallest absolute Gasteiger partial charge is 0.303 e. The Bertz CT molecular complexity index is 522. The lowest BCUT2D eigenvalue weighted by atomic mass is 10.1. The van der Waals surface area contributed by atoms with E-state index in [1.807, 2.05) is 18.2 Å². The first kappa shape index (κ1) is 11.1. The Morgan fingerprint density at radius 1 is 1.47 bits per heavy atom. The van der Waals surface area contributed by atoms with E-state index >= 15 is 0 Å². The fraction of sp³-hybridized carbons (Fsp3) is 0.182. The summed E-state index contributed by atoms with van der Waals surface area (Å²) in [6.07, 6.45) is 0. The van der Waals surface area contributed by atoms with E-state index in [2.05, 4.69) is 9.79 Å². The van der Waals surface area contributed by atoms with Crippen LogP contribution >= 0.6 is 0 Å². The Balaban J connectivity index is 2.32. The third-order valence-electron chi connectivity index (χ3n) is 2.16. The van der Waals surface area contributed by atoms with Gasteiger partial charge in [0.15, 0.2) is 6.61 Å². The van der Waals surface area contributed by atoms with Gasteiger partial charge in [-0.1, -0.05) is 30.3 Å². The maximum atomic E-state index is 11.3. The highest BCUT2D eigenvalue weighted by Gasteiger charge is 2.21. The van der Waals surface area contributed by atoms with Gasteiger partial charge in [0.25, 0.3) is 5.69 Å². The first-order chi connectivity index (χ1) is 8.18. The van der Waals surface area contributed by atoms with Crippen LogP contribution in [0.15, 0.2) is 35.0 Å². The third kappa shape index (κ3) is 2.41. The van der Waals surface area contributed by atoms with Gasteiger partial charge >= 0.3 is 5.97 Å². The lowest BCUT2D eigenvalue weighted by Gasteiger charge is -1.99. The molecular formula is C11H10N2O4. The molecule has 17 heavy (non-hydrogen) atoms. The highest BCUT2D eigenvalue weighted by Crippen LogP contribution is 2.19. The Morgan fingerprint density at radius 3 is 2.82 bits per heavy atom. The van der Waals surface area contributed by atoms with Gasteiger partial charge in [-0.2, -0.15) is 0 Å². The Hall–Kier alpha value is -2.37. The summed E-state index contributed by atoms with van der Waals surface area (Å²) in [5.74, 6) is -0.467. The summed E-state index contributed by atoms with van der Waals surface area (Å²) < 4.78 is 9.27. The van der Waals surface area contributed by atoms with Crippen LogP contribution in [-0.4, -0.2) is 11.1 Å². The molecule has 0 aliphatic heterocycles. The van der Waals surface area contributed by atoms with E-state index in [4.69, 9.17) is 4.74 Å². The highest BCUT2D eigenvalue weighted by molar-refractivity contribution is 5.66. The number of aromatic nitrogens is 2.